The first-order valence-electron chi connectivity index (χ1n) is 13.7. The third kappa shape index (κ3) is 13.7. The highest BCUT2D eigenvalue weighted by Crippen LogP contribution is 2.21. The van der Waals surface area contributed by atoms with E-state index in [9.17, 15) is 44.4 Å². The average Bonchev–Trinajstić information content (AvgIpc) is 2.89. The number of nitrogens with zero attached hydrogens (tertiary/aromatic N) is 4. The van der Waals surface area contributed by atoms with Crippen molar-refractivity contribution in [3.05, 3.63) is 29.8 Å². The Morgan fingerprint density at radius 2 is 1.21 bits per heavy atom. The Kier molecular flexibility index (Phi) is 15.4. The van der Waals surface area contributed by atoms with Gasteiger partial charge in [0.05, 0.1) is 31.5 Å². The van der Waals surface area contributed by atoms with Gasteiger partial charge in [-0.05, 0) is 30.9 Å². The van der Waals surface area contributed by atoms with Gasteiger partial charge in [0.15, 0.2) is 0 Å². The van der Waals surface area contributed by atoms with Crippen LogP contribution < -0.4 is 5.32 Å². The number of nitrogens with one attached hydrogen (secondary N) is 1. The zero-order valence-electron chi connectivity index (χ0n) is 23.5. The summed E-state index contributed by atoms with van der Waals surface area (Å²) in [7, 11) is 0. The van der Waals surface area contributed by atoms with E-state index in [4.69, 9.17) is 0 Å². The Morgan fingerprint density at radius 3 is 1.76 bits per heavy atom. The summed E-state index contributed by atoms with van der Waals surface area (Å²) in [5.41, 5.74) is 1.32. The highest BCUT2D eigenvalue weighted by molar-refractivity contribution is 9.09. The first-order valence-corrected chi connectivity index (χ1v) is 14.8. The van der Waals surface area contributed by atoms with Gasteiger partial charge in [0.1, 0.15) is 0 Å². The maximum atomic E-state index is 12.1. The minimum absolute atomic E-state index is 0.0913. The molecule has 1 aliphatic heterocycles. The van der Waals surface area contributed by atoms with Crippen LogP contribution in [0.2, 0.25) is 0 Å². The standard InChI is InChI=1S/C27H40BrN5O9/c28-14-23(34)29-22-6-2-1-5-20(22)13-21-15-32(18-26(39)40)9-3-7-30(16-24(35)36)11-12-31(17-25(37)38)8-4-10-33(21)19-27(41)42/h1-2,5-6,21H,3-4,7-19H2,(H,29,34)(H,35,36)(H,37,38)(H,39,40)(H,41,42). The van der Waals surface area contributed by atoms with E-state index in [0.29, 0.717) is 64.2 Å². The van der Waals surface area contributed by atoms with Gasteiger partial charge in [-0.1, -0.05) is 34.1 Å². The lowest BCUT2D eigenvalue weighted by Crippen LogP contribution is -2.50. The summed E-state index contributed by atoms with van der Waals surface area (Å²) in [5.74, 6) is -4.39. The van der Waals surface area contributed by atoms with Gasteiger partial charge in [0, 0.05) is 57.5 Å². The topological polar surface area (TPSA) is 191 Å². The number of carbonyl (C=O) groups excluding carboxylic acids is 1. The van der Waals surface area contributed by atoms with Gasteiger partial charge in [0.2, 0.25) is 5.91 Å². The fourth-order valence-corrected chi connectivity index (χ4v) is 5.22. The molecule has 1 heterocycles. The molecule has 15 heteroatoms. The molecular formula is C27H40BrN5O9. The molecule has 0 spiro atoms. The van der Waals surface area contributed by atoms with Crippen molar-refractivity contribution in [3.8, 4) is 0 Å². The van der Waals surface area contributed by atoms with Crippen molar-refractivity contribution < 1.29 is 44.4 Å². The van der Waals surface area contributed by atoms with Crippen LogP contribution in [0.15, 0.2) is 24.3 Å². The molecule has 1 amide bonds. The second kappa shape index (κ2) is 18.4. The van der Waals surface area contributed by atoms with Crippen LogP contribution in [0.5, 0.6) is 0 Å². The number of hydrogen-bond acceptors (Lipinski definition) is 9. The number of hydrogen-bond donors (Lipinski definition) is 5. The lowest BCUT2D eigenvalue weighted by Gasteiger charge is -2.36. The number of aliphatic carboxylic acids is 4. The summed E-state index contributed by atoms with van der Waals surface area (Å²) in [6, 6.07) is 6.68. The summed E-state index contributed by atoms with van der Waals surface area (Å²) in [6.45, 7) is 1.07. The van der Waals surface area contributed by atoms with Crippen molar-refractivity contribution in [2.45, 2.75) is 25.3 Å². The maximum Gasteiger partial charge on any atom is 0.317 e. The molecule has 234 valence electrons. The highest BCUT2D eigenvalue weighted by Gasteiger charge is 2.27. The molecule has 1 atom stereocenters. The zero-order valence-corrected chi connectivity index (χ0v) is 25.1. The molecule has 14 nitrogen and oxygen atoms in total. The van der Waals surface area contributed by atoms with E-state index in [0.717, 1.165) is 5.56 Å². The summed E-state index contributed by atoms with van der Waals surface area (Å²) in [4.78, 5) is 65.7. The second-order valence-electron chi connectivity index (χ2n) is 10.2. The van der Waals surface area contributed by atoms with Crippen LogP contribution in [0.3, 0.4) is 0 Å². The van der Waals surface area contributed by atoms with E-state index < -0.39 is 29.9 Å². The summed E-state index contributed by atoms with van der Waals surface area (Å²) >= 11 is 3.14. The number of carboxylic acid groups (broad SMARTS) is 4. The third-order valence-electron chi connectivity index (χ3n) is 6.87. The number of halogens is 1. The van der Waals surface area contributed by atoms with Crippen LogP contribution in [0.1, 0.15) is 18.4 Å². The van der Waals surface area contributed by atoms with E-state index in [1.165, 1.54) is 0 Å². The molecule has 1 fully saturated rings. The van der Waals surface area contributed by atoms with Crippen LogP contribution in [-0.4, -0.2) is 153 Å². The lowest BCUT2D eigenvalue weighted by molar-refractivity contribution is -0.141. The smallest absolute Gasteiger partial charge is 0.317 e. The molecule has 0 saturated carbocycles. The van der Waals surface area contributed by atoms with Crippen molar-refractivity contribution in [2.75, 3.05) is 82.6 Å². The number of amides is 1. The Bertz CT molecular complexity index is 1080. The minimum Gasteiger partial charge on any atom is -0.480 e. The molecule has 42 heavy (non-hydrogen) atoms. The van der Waals surface area contributed by atoms with Gasteiger partial charge >= 0.3 is 23.9 Å². The number of carbonyl (C=O) groups is 5. The fourth-order valence-electron chi connectivity index (χ4n) is 5.08. The zero-order chi connectivity index (χ0) is 31.1. The van der Waals surface area contributed by atoms with Crippen LogP contribution in [0.4, 0.5) is 5.69 Å². The Hall–Kier alpha value is -3.11. The number of alkyl halides is 1. The molecule has 1 aliphatic rings. The van der Waals surface area contributed by atoms with E-state index in [-0.39, 0.29) is 44.0 Å². The van der Waals surface area contributed by atoms with Gasteiger partial charge in [-0.15, -0.1) is 0 Å². The van der Waals surface area contributed by atoms with Gasteiger partial charge < -0.3 is 25.7 Å². The predicted molar refractivity (Wildman–Crippen MR) is 157 cm³/mol. The maximum absolute atomic E-state index is 12.1. The number of carboxylic acids is 4. The molecule has 5 N–H and O–H groups in total. The SMILES string of the molecule is O=C(O)CN1CCCN(CC(=O)O)CC(Cc2ccccc2NC(=O)CBr)N(CC(=O)O)CCCN(CC(=O)O)CC1. The molecule has 0 aromatic heterocycles. The molecule has 0 bridgehead atoms. The number of benzene rings is 1. The van der Waals surface area contributed by atoms with Crippen LogP contribution >= 0.6 is 15.9 Å². The summed E-state index contributed by atoms with van der Waals surface area (Å²) in [6.07, 6.45) is 1.19. The molecular weight excluding hydrogens is 618 g/mol. The third-order valence-corrected chi connectivity index (χ3v) is 7.38. The highest BCUT2D eigenvalue weighted by atomic mass is 79.9. The molecule has 2 rings (SSSR count). The molecule has 1 aromatic rings. The van der Waals surface area contributed by atoms with Gasteiger partial charge in [-0.2, -0.15) is 0 Å². The summed E-state index contributed by atoms with van der Waals surface area (Å²) in [5, 5.41) is 41.1. The average molecular weight is 659 g/mol. The lowest BCUT2D eigenvalue weighted by atomic mass is 10.0. The van der Waals surface area contributed by atoms with E-state index in [1.807, 2.05) is 6.07 Å². The number of rotatable bonds is 12. The Labute approximate surface area is 253 Å². The normalized spacial score (nSPS) is 19.0. The van der Waals surface area contributed by atoms with Crippen LogP contribution in [0.25, 0.3) is 0 Å². The van der Waals surface area contributed by atoms with E-state index in [1.54, 1.807) is 37.8 Å². The minimum atomic E-state index is -1.06. The monoisotopic (exact) mass is 657 g/mol. The van der Waals surface area contributed by atoms with Crippen molar-refractivity contribution in [1.29, 1.82) is 0 Å². The number of para-hydroxylation sites is 1. The second-order valence-corrected chi connectivity index (χ2v) is 10.8. The Balaban J connectivity index is 2.44. The van der Waals surface area contributed by atoms with E-state index in [2.05, 4.69) is 21.2 Å². The largest absolute Gasteiger partial charge is 0.480 e. The molecule has 0 radical (unpaired) electrons. The predicted octanol–water partition coefficient (Wildman–Crippen LogP) is 0.271. The van der Waals surface area contributed by atoms with Crippen molar-refractivity contribution >= 4 is 51.4 Å². The molecule has 0 aliphatic carbocycles. The molecule has 1 unspecified atom stereocenters. The Morgan fingerprint density at radius 1 is 0.714 bits per heavy atom. The van der Waals surface area contributed by atoms with Gasteiger partial charge in [-0.25, -0.2) is 0 Å². The first-order chi connectivity index (χ1) is 20.0. The molecule has 1 saturated heterocycles. The first kappa shape index (κ1) is 35.1. The fraction of sp³-hybridized carbons (Fsp3) is 0.593. The van der Waals surface area contributed by atoms with Crippen molar-refractivity contribution in [2.24, 2.45) is 0 Å². The van der Waals surface area contributed by atoms with Crippen LogP contribution in [0, 0.1) is 0 Å². The van der Waals surface area contributed by atoms with Gasteiger partial charge in [0.25, 0.3) is 0 Å². The number of anilines is 1. The van der Waals surface area contributed by atoms with Crippen LogP contribution in [-0.2, 0) is 30.4 Å². The summed E-state index contributed by atoms with van der Waals surface area (Å²) < 4.78 is 0. The quantitative estimate of drug-likeness (QED) is 0.193. The van der Waals surface area contributed by atoms with E-state index >= 15 is 0 Å². The van der Waals surface area contributed by atoms with Crippen molar-refractivity contribution in [1.82, 2.24) is 19.6 Å². The van der Waals surface area contributed by atoms with Crippen molar-refractivity contribution in [3.63, 3.8) is 0 Å². The van der Waals surface area contributed by atoms with Gasteiger partial charge in [-0.3, -0.25) is 43.6 Å². The molecule has 1 aromatic carbocycles.